The van der Waals surface area contributed by atoms with Gasteiger partial charge in [0.05, 0.1) is 11.0 Å². The van der Waals surface area contributed by atoms with Gasteiger partial charge in [-0.1, -0.05) is 103 Å². The predicted octanol–water partition coefficient (Wildman–Crippen LogP) is 11.8. The van der Waals surface area contributed by atoms with Crippen molar-refractivity contribution in [2.24, 2.45) is 0 Å². The molecule has 51 heavy (non-hydrogen) atoms. The number of fused-ring (bicyclic) bond motifs is 10. The van der Waals surface area contributed by atoms with Gasteiger partial charge in [0.15, 0.2) is 28.6 Å². The van der Waals surface area contributed by atoms with Crippen LogP contribution in [0.1, 0.15) is 0 Å². The molecule has 0 aliphatic rings. The lowest BCUT2D eigenvalue weighted by Crippen LogP contribution is -2.00. The van der Waals surface area contributed by atoms with E-state index in [0.717, 1.165) is 66.3 Å². The van der Waals surface area contributed by atoms with Crippen LogP contribution in [-0.4, -0.2) is 19.5 Å². The SMILES string of the molecule is c1ccc(-c2nc(-c3ccccc3)nc(-c3ccc4c(c3)oc3c4ccc4c5cc(-n6c7ccccc7c7ccccc76)ccc5oc43)n2)cc1. The Hall–Kier alpha value is -7.05. The summed E-state index contributed by atoms with van der Waals surface area (Å²) in [7, 11) is 0. The predicted molar refractivity (Wildman–Crippen MR) is 205 cm³/mol. The Morgan fingerprint density at radius 3 is 1.49 bits per heavy atom. The number of hydrogen-bond donors (Lipinski definition) is 0. The summed E-state index contributed by atoms with van der Waals surface area (Å²) in [6.07, 6.45) is 0. The molecule has 6 nitrogen and oxygen atoms in total. The van der Waals surface area contributed by atoms with Crippen molar-refractivity contribution < 1.29 is 8.83 Å². The lowest BCUT2D eigenvalue weighted by molar-refractivity contribution is 0.633. The molecule has 4 aromatic heterocycles. The summed E-state index contributed by atoms with van der Waals surface area (Å²) >= 11 is 0. The summed E-state index contributed by atoms with van der Waals surface area (Å²) in [5.41, 5.74) is 9.14. The van der Waals surface area contributed by atoms with Crippen molar-refractivity contribution in [2.45, 2.75) is 0 Å². The normalized spacial score (nSPS) is 11.9. The van der Waals surface area contributed by atoms with Gasteiger partial charge >= 0.3 is 0 Å². The van der Waals surface area contributed by atoms with Gasteiger partial charge in [0.2, 0.25) is 0 Å². The zero-order valence-corrected chi connectivity index (χ0v) is 27.1. The monoisotopic (exact) mass is 654 g/mol. The molecule has 0 saturated heterocycles. The number of benzene rings is 7. The Bertz CT molecular complexity index is 3030. The van der Waals surface area contributed by atoms with E-state index in [-0.39, 0.29) is 0 Å². The second-order valence-corrected chi connectivity index (χ2v) is 12.8. The second kappa shape index (κ2) is 10.7. The van der Waals surface area contributed by atoms with Gasteiger partial charge in [-0.05, 0) is 54.6 Å². The van der Waals surface area contributed by atoms with Crippen LogP contribution in [0.4, 0.5) is 0 Å². The van der Waals surface area contributed by atoms with Crippen LogP contribution in [0, 0.1) is 0 Å². The van der Waals surface area contributed by atoms with E-state index in [1.807, 2.05) is 66.7 Å². The van der Waals surface area contributed by atoms with Gasteiger partial charge in [-0.3, -0.25) is 0 Å². The van der Waals surface area contributed by atoms with Crippen molar-refractivity contribution in [1.29, 1.82) is 0 Å². The quantitative estimate of drug-likeness (QED) is 0.189. The highest BCUT2D eigenvalue weighted by Gasteiger charge is 2.19. The third kappa shape index (κ3) is 4.26. The molecule has 7 aromatic carbocycles. The molecule has 0 radical (unpaired) electrons. The van der Waals surface area contributed by atoms with Crippen LogP contribution in [0.3, 0.4) is 0 Å². The first-order valence-electron chi connectivity index (χ1n) is 16.9. The lowest BCUT2D eigenvalue weighted by Gasteiger charge is -2.08. The summed E-state index contributed by atoms with van der Waals surface area (Å²) in [6, 6.07) is 54.0. The molecule has 0 unspecified atom stereocenters. The largest absolute Gasteiger partial charge is 0.452 e. The molecular weight excluding hydrogens is 629 g/mol. The van der Waals surface area contributed by atoms with Crippen molar-refractivity contribution in [2.75, 3.05) is 0 Å². The lowest BCUT2D eigenvalue weighted by atomic mass is 10.1. The third-order valence-corrected chi connectivity index (χ3v) is 9.86. The van der Waals surface area contributed by atoms with Gasteiger partial charge in [-0.15, -0.1) is 0 Å². The second-order valence-electron chi connectivity index (χ2n) is 12.8. The highest BCUT2D eigenvalue weighted by atomic mass is 16.4. The van der Waals surface area contributed by atoms with Gasteiger partial charge in [-0.25, -0.2) is 15.0 Å². The van der Waals surface area contributed by atoms with E-state index < -0.39 is 0 Å². The van der Waals surface area contributed by atoms with Gasteiger partial charge in [-0.2, -0.15) is 0 Å². The van der Waals surface area contributed by atoms with Gasteiger partial charge in [0.25, 0.3) is 0 Å². The molecule has 0 bridgehead atoms. The fraction of sp³-hybridized carbons (Fsp3) is 0. The molecule has 0 aliphatic carbocycles. The van der Waals surface area contributed by atoms with Crippen LogP contribution in [0.5, 0.6) is 0 Å². The Morgan fingerprint density at radius 1 is 0.353 bits per heavy atom. The van der Waals surface area contributed by atoms with Crippen molar-refractivity contribution in [1.82, 2.24) is 19.5 Å². The van der Waals surface area contributed by atoms with Crippen LogP contribution in [0.25, 0.3) is 106 Å². The minimum Gasteiger partial charge on any atom is -0.452 e. The first-order valence-corrected chi connectivity index (χ1v) is 16.9. The van der Waals surface area contributed by atoms with Crippen LogP contribution in [0.15, 0.2) is 167 Å². The summed E-state index contributed by atoms with van der Waals surface area (Å²) < 4.78 is 15.5. The molecular formula is C45H26N4O2. The van der Waals surface area contributed by atoms with Crippen molar-refractivity contribution >= 4 is 65.7 Å². The fourth-order valence-electron chi connectivity index (χ4n) is 7.47. The van der Waals surface area contributed by atoms with Crippen LogP contribution in [-0.2, 0) is 0 Å². The Balaban J connectivity index is 1.07. The van der Waals surface area contributed by atoms with Crippen molar-refractivity contribution in [3.8, 4) is 39.9 Å². The highest BCUT2D eigenvalue weighted by Crippen LogP contribution is 2.41. The maximum Gasteiger partial charge on any atom is 0.178 e. The number of nitrogens with zero attached hydrogens (tertiary/aromatic N) is 4. The Morgan fingerprint density at radius 2 is 0.863 bits per heavy atom. The molecule has 0 amide bonds. The molecule has 6 heteroatoms. The summed E-state index contributed by atoms with van der Waals surface area (Å²) in [5.74, 6) is 1.82. The number of rotatable bonds is 4. The van der Waals surface area contributed by atoms with E-state index in [2.05, 4.69) is 95.6 Å². The van der Waals surface area contributed by atoms with Gasteiger partial charge in [0.1, 0.15) is 11.2 Å². The fourth-order valence-corrected chi connectivity index (χ4v) is 7.47. The number of para-hydroxylation sites is 2. The van der Waals surface area contributed by atoms with E-state index in [4.69, 9.17) is 23.8 Å². The topological polar surface area (TPSA) is 69.9 Å². The van der Waals surface area contributed by atoms with Crippen LogP contribution in [0.2, 0.25) is 0 Å². The van der Waals surface area contributed by atoms with E-state index in [1.165, 1.54) is 21.8 Å². The van der Waals surface area contributed by atoms with E-state index in [0.29, 0.717) is 17.5 Å². The minimum atomic E-state index is 0.580. The molecule has 0 spiro atoms. The average molecular weight is 655 g/mol. The maximum absolute atomic E-state index is 6.63. The standard InChI is InChI=1S/C45H26N4O2/c1-3-11-27(12-4-1)43-46-44(28-13-5-2-6-14-28)48-45(47-43)29-19-21-33-34-22-23-35-36-26-30(20-24-39(36)50-42(35)41(34)51-40(33)25-29)49-37-17-9-7-15-31(37)32-16-8-10-18-38(32)49/h1-26H. The molecule has 0 fully saturated rings. The molecule has 11 aromatic rings. The van der Waals surface area contributed by atoms with Gasteiger partial charge < -0.3 is 13.4 Å². The Kier molecular flexibility index (Phi) is 5.86. The van der Waals surface area contributed by atoms with Gasteiger partial charge in [0, 0.05) is 54.7 Å². The summed E-state index contributed by atoms with van der Waals surface area (Å²) in [6.45, 7) is 0. The van der Waals surface area contributed by atoms with E-state index >= 15 is 0 Å². The molecule has 11 rings (SSSR count). The van der Waals surface area contributed by atoms with Crippen molar-refractivity contribution in [3.63, 3.8) is 0 Å². The zero-order valence-electron chi connectivity index (χ0n) is 27.1. The zero-order chi connectivity index (χ0) is 33.5. The molecule has 0 atom stereocenters. The van der Waals surface area contributed by atoms with Crippen LogP contribution >= 0.6 is 0 Å². The summed E-state index contributed by atoms with van der Waals surface area (Å²) in [4.78, 5) is 14.7. The summed E-state index contributed by atoms with van der Waals surface area (Å²) in [5, 5.41) is 6.52. The Labute approximate surface area is 290 Å². The number of furan rings is 2. The smallest absolute Gasteiger partial charge is 0.178 e. The number of hydrogen-bond acceptors (Lipinski definition) is 5. The van der Waals surface area contributed by atoms with Crippen LogP contribution < -0.4 is 0 Å². The maximum atomic E-state index is 6.63. The first kappa shape index (κ1) is 27.9. The molecule has 0 saturated carbocycles. The highest BCUT2D eigenvalue weighted by molar-refractivity contribution is 6.19. The van der Waals surface area contributed by atoms with E-state index in [9.17, 15) is 0 Å². The molecule has 4 heterocycles. The van der Waals surface area contributed by atoms with E-state index in [1.54, 1.807) is 0 Å². The van der Waals surface area contributed by atoms with Crippen molar-refractivity contribution in [3.05, 3.63) is 158 Å². The molecule has 0 aliphatic heterocycles. The average Bonchev–Trinajstić information content (AvgIpc) is 3.87. The minimum absolute atomic E-state index is 0.580. The molecule has 0 N–H and O–H groups in total. The number of aromatic nitrogens is 4. The first-order chi connectivity index (χ1) is 25.3. The third-order valence-electron chi connectivity index (χ3n) is 9.86. The molecule has 238 valence electrons.